The van der Waals surface area contributed by atoms with Gasteiger partial charge in [-0.3, -0.25) is 0 Å². The Balaban J connectivity index is 1.47. The van der Waals surface area contributed by atoms with Crippen molar-refractivity contribution >= 4 is 39.1 Å². The van der Waals surface area contributed by atoms with Crippen LogP contribution in [0.3, 0.4) is 0 Å². The molecule has 0 fully saturated rings. The van der Waals surface area contributed by atoms with Crippen molar-refractivity contribution in [3.8, 4) is 0 Å². The summed E-state index contributed by atoms with van der Waals surface area (Å²) in [5, 5.41) is 6.57. The fourth-order valence-corrected chi connectivity index (χ4v) is 3.52. The zero-order valence-electron chi connectivity index (χ0n) is 11.0. The van der Waals surface area contributed by atoms with Gasteiger partial charge in [0.2, 0.25) is 0 Å². The molecule has 0 aliphatic rings. The predicted octanol–water partition coefficient (Wildman–Crippen LogP) is 4.29. The smallest absolute Gasteiger partial charge is 0.138 e. The van der Waals surface area contributed by atoms with E-state index in [4.69, 9.17) is 0 Å². The average molecular weight is 301 g/mol. The molecule has 0 aliphatic carbocycles. The summed E-state index contributed by atoms with van der Waals surface area (Å²) in [7, 11) is 0. The molecule has 3 rings (SSSR count). The number of anilines is 1. The molecule has 0 saturated carbocycles. The third kappa shape index (κ3) is 3.29. The maximum Gasteiger partial charge on any atom is 0.138 e. The SMILES string of the molecule is c1ccc(SCCCNc2ncnc3sccc23)cc1. The summed E-state index contributed by atoms with van der Waals surface area (Å²) in [5.74, 6) is 2.05. The fraction of sp³-hybridized carbons (Fsp3) is 0.200. The van der Waals surface area contributed by atoms with Crippen LogP contribution in [0.2, 0.25) is 0 Å². The first kappa shape index (κ1) is 13.4. The standard InChI is InChI=1S/C15H15N3S2/c1-2-5-12(6-3-1)19-9-4-8-16-14-13-7-10-20-15(13)18-11-17-14/h1-3,5-7,10-11H,4,8-9H2,(H,16,17,18). The Morgan fingerprint density at radius 1 is 1.10 bits per heavy atom. The van der Waals surface area contributed by atoms with Gasteiger partial charge in [-0.25, -0.2) is 9.97 Å². The molecule has 0 saturated heterocycles. The number of rotatable bonds is 6. The average Bonchev–Trinajstić information content (AvgIpc) is 2.97. The van der Waals surface area contributed by atoms with Crippen LogP contribution in [-0.4, -0.2) is 22.3 Å². The summed E-state index contributed by atoms with van der Waals surface area (Å²) in [6.45, 7) is 0.932. The third-order valence-electron chi connectivity index (χ3n) is 2.89. The monoisotopic (exact) mass is 301 g/mol. The largest absolute Gasteiger partial charge is 0.369 e. The second-order valence-corrected chi connectivity index (χ2v) is 6.37. The molecule has 0 amide bonds. The number of fused-ring (bicyclic) bond motifs is 1. The van der Waals surface area contributed by atoms with Crippen molar-refractivity contribution < 1.29 is 0 Å². The molecule has 5 heteroatoms. The van der Waals surface area contributed by atoms with Crippen LogP contribution in [0.5, 0.6) is 0 Å². The van der Waals surface area contributed by atoms with Crippen LogP contribution >= 0.6 is 23.1 Å². The molecule has 3 nitrogen and oxygen atoms in total. The molecule has 0 spiro atoms. The van der Waals surface area contributed by atoms with E-state index in [0.29, 0.717) is 0 Å². The third-order valence-corrected chi connectivity index (χ3v) is 4.81. The molecule has 102 valence electrons. The molecule has 0 atom stereocenters. The van der Waals surface area contributed by atoms with Gasteiger partial charge in [-0.2, -0.15) is 0 Å². The minimum absolute atomic E-state index is 0.932. The molecule has 20 heavy (non-hydrogen) atoms. The number of thioether (sulfide) groups is 1. The van der Waals surface area contributed by atoms with Crippen molar-refractivity contribution in [2.45, 2.75) is 11.3 Å². The highest BCUT2D eigenvalue weighted by Gasteiger charge is 2.03. The lowest BCUT2D eigenvalue weighted by molar-refractivity contribution is 0.981. The van der Waals surface area contributed by atoms with Gasteiger partial charge in [-0.15, -0.1) is 23.1 Å². The molecule has 1 N–H and O–H groups in total. The first-order valence-corrected chi connectivity index (χ1v) is 8.40. The van der Waals surface area contributed by atoms with Crippen LogP contribution < -0.4 is 5.32 Å². The van der Waals surface area contributed by atoms with Crippen LogP contribution in [0.25, 0.3) is 10.2 Å². The molecule has 3 aromatic rings. The lowest BCUT2D eigenvalue weighted by atomic mass is 10.3. The number of thiophene rings is 1. The molecule has 2 heterocycles. The van der Waals surface area contributed by atoms with Crippen LogP contribution in [0.1, 0.15) is 6.42 Å². The van der Waals surface area contributed by atoms with E-state index in [-0.39, 0.29) is 0 Å². The van der Waals surface area contributed by atoms with Gasteiger partial charge in [0.05, 0.1) is 5.39 Å². The Morgan fingerprint density at radius 2 is 2.00 bits per heavy atom. The molecule has 0 aliphatic heterocycles. The Bertz CT molecular complexity index is 667. The lowest BCUT2D eigenvalue weighted by Crippen LogP contribution is -2.04. The molecule has 2 aromatic heterocycles. The number of benzene rings is 1. The number of aromatic nitrogens is 2. The van der Waals surface area contributed by atoms with E-state index in [2.05, 4.69) is 51.0 Å². The van der Waals surface area contributed by atoms with E-state index < -0.39 is 0 Å². The highest BCUT2D eigenvalue weighted by molar-refractivity contribution is 7.99. The van der Waals surface area contributed by atoms with E-state index in [1.807, 2.05) is 17.8 Å². The van der Waals surface area contributed by atoms with Crippen LogP contribution in [0.4, 0.5) is 5.82 Å². The van der Waals surface area contributed by atoms with Crippen molar-refractivity contribution in [1.29, 1.82) is 0 Å². The Morgan fingerprint density at radius 3 is 2.90 bits per heavy atom. The van der Waals surface area contributed by atoms with Crippen molar-refractivity contribution in [3.05, 3.63) is 48.1 Å². The van der Waals surface area contributed by atoms with E-state index in [1.54, 1.807) is 17.7 Å². The van der Waals surface area contributed by atoms with Gasteiger partial charge in [0.15, 0.2) is 0 Å². The number of nitrogens with one attached hydrogen (secondary N) is 1. The molecular formula is C15H15N3S2. The van der Waals surface area contributed by atoms with Crippen molar-refractivity contribution in [3.63, 3.8) is 0 Å². The predicted molar refractivity (Wildman–Crippen MR) is 87.7 cm³/mol. The molecule has 1 aromatic carbocycles. The molecule has 0 unspecified atom stereocenters. The summed E-state index contributed by atoms with van der Waals surface area (Å²) in [6, 6.07) is 12.6. The minimum atomic E-state index is 0.932. The zero-order valence-corrected chi connectivity index (χ0v) is 12.6. The molecule has 0 bridgehead atoms. The minimum Gasteiger partial charge on any atom is -0.369 e. The normalized spacial score (nSPS) is 10.8. The van der Waals surface area contributed by atoms with Gasteiger partial charge < -0.3 is 5.32 Å². The second-order valence-electron chi connectivity index (χ2n) is 4.30. The Labute approximate surface area is 126 Å². The maximum absolute atomic E-state index is 4.31. The van der Waals surface area contributed by atoms with Gasteiger partial charge in [0.1, 0.15) is 17.0 Å². The summed E-state index contributed by atoms with van der Waals surface area (Å²) in [6.07, 6.45) is 2.73. The Kier molecular flexibility index (Phi) is 4.50. The first-order chi connectivity index (χ1) is 9.93. The van der Waals surface area contributed by atoms with Crippen molar-refractivity contribution in [2.75, 3.05) is 17.6 Å². The summed E-state index contributed by atoms with van der Waals surface area (Å²) in [5.41, 5.74) is 0. The summed E-state index contributed by atoms with van der Waals surface area (Å²) >= 11 is 3.54. The molecular weight excluding hydrogens is 286 g/mol. The van der Waals surface area contributed by atoms with Crippen LogP contribution in [0, 0.1) is 0 Å². The highest BCUT2D eigenvalue weighted by Crippen LogP contribution is 2.23. The fourth-order valence-electron chi connectivity index (χ4n) is 1.92. The van der Waals surface area contributed by atoms with Crippen LogP contribution in [-0.2, 0) is 0 Å². The van der Waals surface area contributed by atoms with Crippen molar-refractivity contribution in [2.24, 2.45) is 0 Å². The van der Waals surface area contributed by atoms with Crippen molar-refractivity contribution in [1.82, 2.24) is 9.97 Å². The van der Waals surface area contributed by atoms with Crippen LogP contribution in [0.15, 0.2) is 53.0 Å². The second kappa shape index (κ2) is 6.72. The topological polar surface area (TPSA) is 37.8 Å². The summed E-state index contributed by atoms with van der Waals surface area (Å²) in [4.78, 5) is 10.9. The van der Waals surface area contributed by atoms with Gasteiger partial charge >= 0.3 is 0 Å². The maximum atomic E-state index is 4.31. The number of hydrogen-bond acceptors (Lipinski definition) is 5. The first-order valence-electron chi connectivity index (χ1n) is 6.53. The van der Waals surface area contributed by atoms with Gasteiger partial charge in [-0.1, -0.05) is 18.2 Å². The van der Waals surface area contributed by atoms with E-state index in [9.17, 15) is 0 Å². The summed E-state index contributed by atoms with van der Waals surface area (Å²) < 4.78 is 0. The Hall–Kier alpha value is -1.59. The quantitative estimate of drug-likeness (QED) is 0.544. The highest BCUT2D eigenvalue weighted by atomic mass is 32.2. The van der Waals surface area contributed by atoms with Gasteiger partial charge in [0, 0.05) is 11.4 Å². The number of hydrogen-bond donors (Lipinski definition) is 1. The van der Waals surface area contributed by atoms with Gasteiger partial charge in [0.25, 0.3) is 0 Å². The van der Waals surface area contributed by atoms with E-state index in [1.165, 1.54) is 4.90 Å². The zero-order chi connectivity index (χ0) is 13.6. The lowest BCUT2D eigenvalue weighted by Gasteiger charge is -2.06. The number of nitrogens with zero attached hydrogens (tertiary/aromatic N) is 2. The molecule has 0 radical (unpaired) electrons. The van der Waals surface area contributed by atoms with Gasteiger partial charge in [-0.05, 0) is 35.8 Å². The van der Waals surface area contributed by atoms with E-state index >= 15 is 0 Å². The van der Waals surface area contributed by atoms with E-state index in [0.717, 1.165) is 34.8 Å².